The third-order valence-electron chi connectivity index (χ3n) is 10.0. The maximum Gasteiger partial charge on any atom is 0.339 e. The van der Waals surface area contributed by atoms with E-state index in [2.05, 4.69) is 20.4 Å². The average Bonchev–Trinajstić information content (AvgIpc) is 3.38. The predicted molar refractivity (Wildman–Crippen MR) is 134 cm³/mol. The number of allylic oxidation sites excluding steroid dienone is 1. The van der Waals surface area contributed by atoms with Gasteiger partial charge in [0.1, 0.15) is 0 Å². The molecule has 0 aromatic carbocycles. The molecular weight excluding hydrogens is 442 g/mol. The van der Waals surface area contributed by atoms with E-state index in [9.17, 15) is 9.59 Å². The van der Waals surface area contributed by atoms with Crippen molar-refractivity contribution in [1.29, 1.82) is 0 Å². The lowest BCUT2D eigenvalue weighted by Crippen LogP contribution is -2.62. The molecule has 1 saturated heterocycles. The molecule has 3 saturated carbocycles. The first-order chi connectivity index (χ1) is 16.8. The molecule has 192 valence electrons. The summed E-state index contributed by atoms with van der Waals surface area (Å²) in [6.07, 6.45) is 12.0. The van der Waals surface area contributed by atoms with Gasteiger partial charge in [0, 0.05) is 30.1 Å². The van der Waals surface area contributed by atoms with Crippen LogP contribution in [-0.4, -0.2) is 36.6 Å². The molecule has 1 aromatic rings. The van der Waals surface area contributed by atoms with Crippen LogP contribution >= 0.6 is 0 Å². The Labute approximate surface area is 209 Å². The largest absolute Gasteiger partial charge is 0.465 e. The summed E-state index contributed by atoms with van der Waals surface area (Å²) in [7, 11) is 1.36. The molecule has 6 heteroatoms. The number of ether oxygens (including phenoxy) is 3. The predicted octanol–water partition coefficient (Wildman–Crippen LogP) is 5.35. The van der Waals surface area contributed by atoms with E-state index in [4.69, 9.17) is 14.2 Å². The van der Waals surface area contributed by atoms with Gasteiger partial charge in [-0.2, -0.15) is 0 Å². The van der Waals surface area contributed by atoms with Gasteiger partial charge >= 0.3 is 5.97 Å². The van der Waals surface area contributed by atoms with Gasteiger partial charge in [-0.05, 0) is 68.3 Å². The number of methoxy groups -OCH3 is 1. The normalized spacial score (nSPS) is 37.5. The Hall–Kier alpha value is -1.92. The van der Waals surface area contributed by atoms with E-state index in [1.165, 1.54) is 50.5 Å². The van der Waals surface area contributed by atoms with E-state index in [0.717, 1.165) is 38.7 Å². The zero-order valence-electron chi connectivity index (χ0n) is 21.6. The Kier molecular flexibility index (Phi) is 6.73. The molecule has 6 nitrogen and oxygen atoms in total. The Bertz CT molecular complexity index is 1030. The van der Waals surface area contributed by atoms with Crippen LogP contribution < -0.4 is 5.56 Å². The minimum absolute atomic E-state index is 0.00267. The lowest BCUT2D eigenvalue weighted by atomic mass is 9.46. The number of rotatable bonds is 5. The van der Waals surface area contributed by atoms with Crippen LogP contribution in [0.15, 0.2) is 35.3 Å². The molecular formula is C29H41NO5. The zero-order chi connectivity index (χ0) is 24.8. The molecule has 35 heavy (non-hydrogen) atoms. The first-order valence-electron chi connectivity index (χ1n) is 13.5. The van der Waals surface area contributed by atoms with Gasteiger partial charge in [-0.25, -0.2) is 4.79 Å². The van der Waals surface area contributed by atoms with Crippen molar-refractivity contribution in [2.45, 2.75) is 90.6 Å². The molecule has 0 amide bonds. The molecule has 0 radical (unpaired) electrons. The topological polar surface area (TPSA) is 66.8 Å². The smallest absolute Gasteiger partial charge is 0.339 e. The Morgan fingerprint density at radius 2 is 1.94 bits per heavy atom. The fraction of sp³-hybridized carbons (Fsp3) is 0.724. The monoisotopic (exact) mass is 483 g/mol. The highest BCUT2D eigenvalue weighted by atomic mass is 16.7. The second-order valence-corrected chi connectivity index (χ2v) is 11.9. The summed E-state index contributed by atoms with van der Waals surface area (Å²) in [5, 5.41) is 0. The number of aromatic nitrogens is 1. The standard InChI is InChI=1S/C29H41NO5/c1-19-9-11-23-28(2,22(19)14-16-30-17-21(26(32)33-4)10-12-25(30)31)15-13-24-29(23,3)18-34-27(35-24)20-7-5-6-8-20/h10,12,17,20,22-24,27H,1,5-9,11,13-16,18H2,2-4H3/t22-,23?,24-,27-,28+,29+/m1/s1. The fourth-order valence-corrected chi connectivity index (χ4v) is 8.07. The van der Waals surface area contributed by atoms with Crippen molar-refractivity contribution in [3.63, 3.8) is 0 Å². The molecule has 1 aliphatic heterocycles. The Balaban J connectivity index is 1.34. The van der Waals surface area contributed by atoms with Crippen molar-refractivity contribution in [2.75, 3.05) is 13.7 Å². The van der Waals surface area contributed by atoms with Gasteiger partial charge in [0.15, 0.2) is 6.29 Å². The third-order valence-corrected chi connectivity index (χ3v) is 10.0. The summed E-state index contributed by atoms with van der Waals surface area (Å²) in [5.74, 6) is 0.949. The molecule has 4 fully saturated rings. The van der Waals surface area contributed by atoms with E-state index >= 15 is 0 Å². The minimum Gasteiger partial charge on any atom is -0.465 e. The second kappa shape index (κ2) is 9.51. The van der Waals surface area contributed by atoms with Gasteiger partial charge < -0.3 is 18.8 Å². The second-order valence-electron chi connectivity index (χ2n) is 11.9. The van der Waals surface area contributed by atoms with Gasteiger partial charge in [0.25, 0.3) is 5.56 Å². The van der Waals surface area contributed by atoms with Gasteiger partial charge in [-0.1, -0.05) is 38.8 Å². The van der Waals surface area contributed by atoms with E-state index in [0.29, 0.717) is 29.9 Å². The number of fused-ring (bicyclic) bond motifs is 3. The van der Waals surface area contributed by atoms with Gasteiger partial charge in [0.05, 0.1) is 25.4 Å². The number of aryl methyl sites for hydroxylation is 1. The number of carbonyl (C=O) groups is 1. The van der Waals surface area contributed by atoms with Crippen LogP contribution in [-0.2, 0) is 20.8 Å². The first-order valence-corrected chi connectivity index (χ1v) is 13.5. The third kappa shape index (κ3) is 4.31. The number of nitrogens with zero attached hydrogens (tertiary/aromatic N) is 1. The molecule has 3 aliphatic carbocycles. The molecule has 0 N–H and O–H groups in total. The molecule has 1 aromatic heterocycles. The lowest BCUT2D eigenvalue weighted by molar-refractivity contribution is -0.316. The zero-order valence-corrected chi connectivity index (χ0v) is 21.6. The number of carbonyl (C=O) groups excluding carboxylic acids is 1. The fourth-order valence-electron chi connectivity index (χ4n) is 8.07. The van der Waals surface area contributed by atoms with Crippen molar-refractivity contribution >= 4 is 5.97 Å². The van der Waals surface area contributed by atoms with E-state index in [1.807, 2.05) is 0 Å². The van der Waals surface area contributed by atoms with Crippen LogP contribution in [0.1, 0.15) is 82.0 Å². The van der Waals surface area contributed by atoms with Gasteiger partial charge in [-0.3, -0.25) is 4.79 Å². The summed E-state index contributed by atoms with van der Waals surface area (Å²) in [6.45, 7) is 10.7. The summed E-state index contributed by atoms with van der Waals surface area (Å²) < 4.78 is 19.6. The average molecular weight is 484 g/mol. The number of hydrogen-bond acceptors (Lipinski definition) is 5. The molecule has 6 atom stereocenters. The lowest BCUT2D eigenvalue weighted by Gasteiger charge is -2.63. The summed E-state index contributed by atoms with van der Waals surface area (Å²) in [4.78, 5) is 24.5. The number of esters is 1. The van der Waals surface area contributed by atoms with E-state index < -0.39 is 5.97 Å². The van der Waals surface area contributed by atoms with Gasteiger partial charge in [0.2, 0.25) is 0 Å². The van der Waals surface area contributed by atoms with Crippen LogP contribution in [0.2, 0.25) is 0 Å². The van der Waals surface area contributed by atoms with Crippen LogP contribution in [0.4, 0.5) is 0 Å². The Morgan fingerprint density at radius 1 is 1.17 bits per heavy atom. The van der Waals surface area contributed by atoms with E-state index in [-0.39, 0.29) is 28.8 Å². The molecule has 0 bridgehead atoms. The number of hydrogen-bond donors (Lipinski definition) is 0. The van der Waals surface area contributed by atoms with Gasteiger partial charge in [-0.15, -0.1) is 0 Å². The van der Waals surface area contributed by atoms with Crippen molar-refractivity contribution in [1.82, 2.24) is 4.57 Å². The minimum atomic E-state index is -0.424. The van der Waals surface area contributed by atoms with Crippen molar-refractivity contribution in [3.8, 4) is 0 Å². The SMILES string of the molecule is C=C1CCC2[C@]3(C)CO[C@@H](C4CCCC4)O[C@@H]3CC[C@@]2(C)[C@@H]1CCn1cc(C(=O)OC)ccc1=O. The highest BCUT2D eigenvalue weighted by molar-refractivity contribution is 5.88. The van der Waals surface area contributed by atoms with Crippen molar-refractivity contribution in [2.24, 2.45) is 28.6 Å². The molecule has 1 unspecified atom stereocenters. The Morgan fingerprint density at radius 3 is 2.69 bits per heavy atom. The quantitative estimate of drug-likeness (QED) is 0.417. The molecule has 5 rings (SSSR count). The molecule has 2 heterocycles. The van der Waals surface area contributed by atoms with Crippen molar-refractivity contribution < 1.29 is 19.0 Å². The van der Waals surface area contributed by atoms with Crippen LogP contribution in [0.5, 0.6) is 0 Å². The maximum atomic E-state index is 12.5. The first kappa shape index (κ1) is 24.8. The highest BCUT2D eigenvalue weighted by Gasteiger charge is 2.60. The van der Waals surface area contributed by atoms with Crippen LogP contribution in [0.25, 0.3) is 0 Å². The van der Waals surface area contributed by atoms with E-state index in [1.54, 1.807) is 10.8 Å². The van der Waals surface area contributed by atoms with Crippen molar-refractivity contribution in [3.05, 3.63) is 46.4 Å². The summed E-state index contributed by atoms with van der Waals surface area (Å²) >= 11 is 0. The summed E-state index contributed by atoms with van der Waals surface area (Å²) in [5.41, 5.74) is 1.70. The highest BCUT2D eigenvalue weighted by Crippen LogP contribution is 2.63. The van der Waals surface area contributed by atoms with Crippen LogP contribution in [0.3, 0.4) is 0 Å². The summed E-state index contributed by atoms with van der Waals surface area (Å²) in [6, 6.07) is 2.99. The molecule has 4 aliphatic rings. The van der Waals surface area contributed by atoms with Crippen LogP contribution in [0, 0.1) is 28.6 Å². The maximum absolute atomic E-state index is 12.5. The number of pyridine rings is 1. The molecule has 0 spiro atoms.